The molecule has 2 aromatic carbocycles. The summed E-state index contributed by atoms with van der Waals surface area (Å²) < 4.78 is 5.64. The lowest BCUT2D eigenvalue weighted by atomic mass is 10.2. The first-order valence-corrected chi connectivity index (χ1v) is 7.93. The van der Waals surface area contributed by atoms with Gasteiger partial charge in [0.1, 0.15) is 0 Å². The van der Waals surface area contributed by atoms with Crippen molar-refractivity contribution >= 4 is 35.0 Å². The molecule has 0 aliphatic carbocycles. The Kier molecular flexibility index (Phi) is 4.48. The van der Waals surface area contributed by atoms with Crippen LogP contribution >= 0.6 is 35.0 Å². The van der Waals surface area contributed by atoms with Gasteiger partial charge >= 0.3 is 0 Å². The van der Waals surface area contributed by atoms with Gasteiger partial charge in [0, 0.05) is 4.90 Å². The molecule has 0 aliphatic heterocycles. The third-order valence-electron chi connectivity index (χ3n) is 2.76. The Balaban J connectivity index is 1.74. The fourth-order valence-electron chi connectivity index (χ4n) is 1.76. The smallest absolute Gasteiger partial charge is 0.249 e. The molecule has 0 bridgehead atoms. The third kappa shape index (κ3) is 3.40. The monoisotopic (exact) mass is 336 g/mol. The molecular weight excluding hydrogens is 327 g/mol. The van der Waals surface area contributed by atoms with Crippen LogP contribution in [0.3, 0.4) is 0 Å². The molecule has 3 nitrogen and oxygen atoms in total. The van der Waals surface area contributed by atoms with E-state index in [1.54, 1.807) is 17.8 Å². The van der Waals surface area contributed by atoms with Crippen LogP contribution in [0.2, 0.25) is 10.0 Å². The van der Waals surface area contributed by atoms with Gasteiger partial charge < -0.3 is 4.42 Å². The SMILES string of the molecule is Clc1ccccc1SCc1nnc(-c2ccccc2Cl)o1. The summed E-state index contributed by atoms with van der Waals surface area (Å²) in [5, 5.41) is 9.38. The van der Waals surface area contributed by atoms with E-state index in [9.17, 15) is 0 Å². The molecule has 0 atom stereocenters. The Labute approximate surface area is 136 Å². The van der Waals surface area contributed by atoms with Crippen LogP contribution in [0.5, 0.6) is 0 Å². The lowest BCUT2D eigenvalue weighted by molar-refractivity contribution is 0.528. The van der Waals surface area contributed by atoms with Gasteiger partial charge in [-0.15, -0.1) is 22.0 Å². The summed E-state index contributed by atoms with van der Waals surface area (Å²) in [7, 11) is 0. The average molecular weight is 337 g/mol. The fourth-order valence-corrected chi connectivity index (χ4v) is 3.05. The van der Waals surface area contributed by atoms with Crippen molar-refractivity contribution in [2.24, 2.45) is 0 Å². The number of hydrogen-bond acceptors (Lipinski definition) is 4. The van der Waals surface area contributed by atoms with Gasteiger partial charge in [-0.05, 0) is 24.3 Å². The van der Waals surface area contributed by atoms with Crippen molar-refractivity contribution in [1.82, 2.24) is 10.2 Å². The molecule has 0 saturated heterocycles. The molecule has 1 heterocycles. The van der Waals surface area contributed by atoms with Gasteiger partial charge in [-0.25, -0.2) is 0 Å². The van der Waals surface area contributed by atoms with Crippen molar-refractivity contribution in [3.8, 4) is 11.5 Å². The highest BCUT2D eigenvalue weighted by Crippen LogP contribution is 2.31. The van der Waals surface area contributed by atoms with Gasteiger partial charge in [0.2, 0.25) is 11.8 Å². The first kappa shape index (κ1) is 14.4. The molecule has 6 heteroatoms. The standard InChI is InChI=1S/C15H10Cl2N2OS/c16-11-6-2-1-5-10(11)15-19-18-14(20-15)9-21-13-8-4-3-7-12(13)17/h1-8H,9H2. The molecule has 0 amide bonds. The molecule has 3 aromatic rings. The molecule has 0 aliphatic rings. The van der Waals surface area contributed by atoms with E-state index in [4.69, 9.17) is 27.6 Å². The first-order valence-electron chi connectivity index (χ1n) is 6.18. The minimum atomic E-state index is 0.426. The van der Waals surface area contributed by atoms with Crippen LogP contribution in [0.1, 0.15) is 5.89 Å². The summed E-state index contributed by atoms with van der Waals surface area (Å²) in [6.45, 7) is 0. The zero-order valence-electron chi connectivity index (χ0n) is 10.8. The maximum absolute atomic E-state index is 6.11. The summed E-state index contributed by atoms with van der Waals surface area (Å²) in [5.74, 6) is 1.52. The molecule has 0 spiro atoms. The Morgan fingerprint density at radius 2 is 1.62 bits per heavy atom. The van der Waals surface area contributed by atoms with Crippen molar-refractivity contribution in [3.63, 3.8) is 0 Å². The van der Waals surface area contributed by atoms with Crippen LogP contribution in [-0.2, 0) is 5.75 Å². The molecule has 0 saturated carbocycles. The molecule has 3 rings (SSSR count). The Morgan fingerprint density at radius 3 is 2.38 bits per heavy atom. The van der Waals surface area contributed by atoms with E-state index in [2.05, 4.69) is 10.2 Å². The quantitative estimate of drug-likeness (QED) is 0.603. The van der Waals surface area contributed by atoms with Crippen molar-refractivity contribution in [3.05, 3.63) is 64.5 Å². The normalized spacial score (nSPS) is 10.8. The van der Waals surface area contributed by atoms with Crippen LogP contribution < -0.4 is 0 Å². The fraction of sp³-hybridized carbons (Fsp3) is 0.0667. The average Bonchev–Trinajstić information content (AvgIpc) is 2.96. The van der Waals surface area contributed by atoms with Crippen molar-refractivity contribution < 1.29 is 4.42 Å². The zero-order chi connectivity index (χ0) is 14.7. The second kappa shape index (κ2) is 6.52. The van der Waals surface area contributed by atoms with Crippen molar-refractivity contribution in [2.45, 2.75) is 10.6 Å². The summed E-state index contributed by atoms with van der Waals surface area (Å²) in [5.41, 5.74) is 0.737. The summed E-state index contributed by atoms with van der Waals surface area (Å²) >= 11 is 13.8. The van der Waals surface area contributed by atoms with Gasteiger partial charge in [-0.2, -0.15) is 0 Å². The van der Waals surface area contributed by atoms with E-state index >= 15 is 0 Å². The van der Waals surface area contributed by atoms with Gasteiger partial charge in [-0.1, -0.05) is 47.5 Å². The van der Waals surface area contributed by atoms with Crippen LogP contribution in [0.4, 0.5) is 0 Å². The maximum Gasteiger partial charge on any atom is 0.249 e. The van der Waals surface area contributed by atoms with Gasteiger partial charge in [0.15, 0.2) is 0 Å². The zero-order valence-corrected chi connectivity index (χ0v) is 13.1. The second-order valence-corrected chi connectivity index (χ2v) is 6.03. The van der Waals surface area contributed by atoms with Gasteiger partial charge in [0.25, 0.3) is 0 Å². The number of halogens is 2. The molecule has 0 radical (unpaired) electrons. The number of hydrogen-bond donors (Lipinski definition) is 0. The first-order chi connectivity index (χ1) is 10.2. The Morgan fingerprint density at radius 1 is 0.905 bits per heavy atom. The van der Waals surface area contributed by atoms with Crippen molar-refractivity contribution in [1.29, 1.82) is 0 Å². The van der Waals surface area contributed by atoms with Crippen LogP contribution in [0.15, 0.2) is 57.8 Å². The van der Waals surface area contributed by atoms with Crippen LogP contribution in [-0.4, -0.2) is 10.2 Å². The minimum absolute atomic E-state index is 0.426. The highest BCUT2D eigenvalue weighted by atomic mass is 35.5. The number of thioether (sulfide) groups is 1. The Bertz CT molecular complexity index is 761. The predicted octanol–water partition coefficient (Wildman–Crippen LogP) is 5.34. The Hall–Kier alpha value is -1.49. The van der Waals surface area contributed by atoms with E-state index in [0.717, 1.165) is 10.5 Å². The lowest BCUT2D eigenvalue weighted by Gasteiger charge is -2.00. The topological polar surface area (TPSA) is 38.9 Å². The van der Waals surface area contributed by atoms with E-state index < -0.39 is 0 Å². The molecule has 0 N–H and O–H groups in total. The molecule has 1 aromatic heterocycles. The number of benzene rings is 2. The van der Waals surface area contributed by atoms with Gasteiger partial charge in [-0.3, -0.25) is 0 Å². The lowest BCUT2D eigenvalue weighted by Crippen LogP contribution is -1.81. The van der Waals surface area contributed by atoms with E-state index in [0.29, 0.717) is 27.6 Å². The molecular formula is C15H10Cl2N2OS. The highest BCUT2D eigenvalue weighted by Gasteiger charge is 2.12. The van der Waals surface area contributed by atoms with Gasteiger partial charge in [0.05, 0.1) is 21.4 Å². The maximum atomic E-state index is 6.11. The molecule has 106 valence electrons. The minimum Gasteiger partial charge on any atom is -0.420 e. The second-order valence-electron chi connectivity index (χ2n) is 4.20. The largest absolute Gasteiger partial charge is 0.420 e. The third-order valence-corrected chi connectivity index (χ3v) is 4.59. The van der Waals surface area contributed by atoms with Crippen LogP contribution in [0, 0.1) is 0 Å². The summed E-state index contributed by atoms with van der Waals surface area (Å²) in [4.78, 5) is 0.983. The number of nitrogens with zero attached hydrogens (tertiary/aromatic N) is 2. The molecule has 21 heavy (non-hydrogen) atoms. The highest BCUT2D eigenvalue weighted by molar-refractivity contribution is 7.98. The molecule has 0 fully saturated rings. The number of rotatable bonds is 4. The van der Waals surface area contributed by atoms with E-state index in [-0.39, 0.29) is 0 Å². The predicted molar refractivity (Wildman–Crippen MR) is 85.8 cm³/mol. The summed E-state index contributed by atoms with van der Waals surface area (Å²) in [6.07, 6.45) is 0. The van der Waals surface area contributed by atoms with Crippen molar-refractivity contribution in [2.75, 3.05) is 0 Å². The van der Waals surface area contributed by atoms with Crippen LogP contribution in [0.25, 0.3) is 11.5 Å². The summed E-state index contributed by atoms with van der Waals surface area (Å²) in [6, 6.07) is 15.0. The molecule has 0 unspecified atom stereocenters. The van der Waals surface area contributed by atoms with E-state index in [1.165, 1.54) is 0 Å². The van der Waals surface area contributed by atoms with E-state index in [1.807, 2.05) is 42.5 Å². The number of aromatic nitrogens is 2.